The number of rotatable bonds is 4. The minimum Gasteiger partial charge on any atom is -0.497 e. The number of fused-ring (bicyclic) bond motifs is 1. The van der Waals surface area contributed by atoms with E-state index in [1.165, 1.54) is 43.1 Å². The summed E-state index contributed by atoms with van der Waals surface area (Å²) < 4.78 is 29.6. The van der Waals surface area contributed by atoms with Crippen molar-refractivity contribution in [1.82, 2.24) is 0 Å². The lowest BCUT2D eigenvalue weighted by molar-refractivity contribution is -0.384. The van der Waals surface area contributed by atoms with Crippen molar-refractivity contribution in [3.05, 3.63) is 64.2 Å². The van der Waals surface area contributed by atoms with Crippen LogP contribution in [0, 0.1) is 10.1 Å². The summed E-state index contributed by atoms with van der Waals surface area (Å²) in [5.41, 5.74) is 0.553. The van der Waals surface area contributed by atoms with Crippen LogP contribution >= 0.6 is 11.8 Å². The van der Waals surface area contributed by atoms with Crippen LogP contribution in [0.1, 0.15) is 10.4 Å². The fourth-order valence-corrected chi connectivity index (χ4v) is 7.44. The topological polar surface area (TPSA) is 119 Å². The third kappa shape index (κ3) is 3.90. The van der Waals surface area contributed by atoms with Crippen molar-refractivity contribution in [2.75, 3.05) is 23.5 Å². The zero-order chi connectivity index (χ0) is 21.5. The number of non-ortho nitro benzene ring substituents is 1. The molecule has 0 aromatic heterocycles. The lowest BCUT2D eigenvalue weighted by atomic mass is 10.2. The Labute approximate surface area is 176 Å². The van der Waals surface area contributed by atoms with E-state index in [1.807, 2.05) is 0 Å². The zero-order valence-electron chi connectivity index (χ0n) is 15.8. The van der Waals surface area contributed by atoms with Crippen molar-refractivity contribution in [3.63, 3.8) is 0 Å². The first-order valence-corrected chi connectivity index (χ1v) is 11.7. The van der Waals surface area contributed by atoms with Gasteiger partial charge in [-0.3, -0.25) is 14.9 Å². The molecule has 0 N–H and O–H groups in total. The average Bonchev–Trinajstić information content (AvgIpc) is 3.18. The molecular weight excluding hydrogens is 430 g/mol. The van der Waals surface area contributed by atoms with Gasteiger partial charge >= 0.3 is 0 Å². The van der Waals surface area contributed by atoms with Crippen LogP contribution in [0.5, 0.6) is 5.75 Å². The number of sulfone groups is 1. The van der Waals surface area contributed by atoms with Crippen molar-refractivity contribution >= 4 is 44.0 Å². The van der Waals surface area contributed by atoms with Gasteiger partial charge in [0.05, 0.1) is 29.6 Å². The molecule has 0 spiro atoms. The van der Waals surface area contributed by atoms with Crippen molar-refractivity contribution in [2.24, 2.45) is 4.99 Å². The van der Waals surface area contributed by atoms with Gasteiger partial charge in [-0.25, -0.2) is 8.42 Å². The number of aliphatic imine (C=N–C) groups is 1. The summed E-state index contributed by atoms with van der Waals surface area (Å²) in [6.45, 7) is 0. The Hall–Kier alpha value is -2.92. The highest BCUT2D eigenvalue weighted by atomic mass is 32.2. The molecule has 2 atom stereocenters. The predicted octanol–water partition coefficient (Wildman–Crippen LogP) is 2.52. The Kier molecular flexibility index (Phi) is 5.24. The molecule has 4 rings (SSSR count). The molecule has 11 heteroatoms. The zero-order valence-corrected chi connectivity index (χ0v) is 17.4. The Morgan fingerprint density at radius 2 is 2.00 bits per heavy atom. The van der Waals surface area contributed by atoms with Gasteiger partial charge in [0.1, 0.15) is 5.75 Å². The molecule has 2 aromatic rings. The molecule has 0 saturated carbocycles. The van der Waals surface area contributed by atoms with Crippen LogP contribution < -0.4 is 9.64 Å². The van der Waals surface area contributed by atoms with E-state index in [9.17, 15) is 23.3 Å². The molecule has 2 saturated heterocycles. The Morgan fingerprint density at radius 1 is 1.23 bits per heavy atom. The van der Waals surface area contributed by atoms with Crippen LogP contribution in [0.25, 0.3) is 0 Å². The largest absolute Gasteiger partial charge is 0.497 e. The van der Waals surface area contributed by atoms with Crippen LogP contribution in [0.3, 0.4) is 0 Å². The van der Waals surface area contributed by atoms with E-state index in [2.05, 4.69) is 4.99 Å². The number of nitro groups is 1. The third-order valence-corrected chi connectivity index (χ3v) is 8.11. The molecule has 2 aromatic carbocycles. The van der Waals surface area contributed by atoms with Gasteiger partial charge < -0.3 is 9.64 Å². The van der Waals surface area contributed by atoms with Gasteiger partial charge in [0.15, 0.2) is 15.0 Å². The monoisotopic (exact) mass is 447 g/mol. The summed E-state index contributed by atoms with van der Waals surface area (Å²) in [4.78, 5) is 29.1. The fraction of sp³-hybridized carbons (Fsp3) is 0.263. The summed E-state index contributed by atoms with van der Waals surface area (Å²) in [6, 6.07) is 12.1. The minimum absolute atomic E-state index is 0.00677. The van der Waals surface area contributed by atoms with Gasteiger partial charge in [-0.05, 0) is 18.2 Å². The molecule has 0 aliphatic carbocycles. The number of anilines is 1. The lowest BCUT2D eigenvalue weighted by Crippen LogP contribution is -2.37. The lowest BCUT2D eigenvalue weighted by Gasteiger charge is -2.24. The fourth-order valence-electron chi connectivity index (χ4n) is 3.53. The van der Waals surface area contributed by atoms with E-state index < -0.39 is 20.7 Å². The smallest absolute Gasteiger partial charge is 0.279 e. The van der Waals surface area contributed by atoms with Gasteiger partial charge in [-0.2, -0.15) is 4.99 Å². The van der Waals surface area contributed by atoms with Gasteiger partial charge in [0.2, 0.25) is 0 Å². The molecule has 2 aliphatic heterocycles. The van der Waals surface area contributed by atoms with E-state index in [0.29, 0.717) is 16.6 Å². The van der Waals surface area contributed by atoms with Gasteiger partial charge in [-0.1, -0.05) is 23.9 Å². The van der Waals surface area contributed by atoms with E-state index in [-0.39, 0.29) is 34.0 Å². The van der Waals surface area contributed by atoms with Crippen LogP contribution in [0.15, 0.2) is 53.5 Å². The highest BCUT2D eigenvalue weighted by Crippen LogP contribution is 2.41. The second-order valence-corrected chi connectivity index (χ2v) is 10.2. The van der Waals surface area contributed by atoms with Gasteiger partial charge in [0, 0.05) is 34.7 Å². The number of methoxy groups -OCH3 is 1. The quantitative estimate of drug-likeness (QED) is 0.518. The van der Waals surface area contributed by atoms with Crippen molar-refractivity contribution < 1.29 is 22.9 Å². The summed E-state index contributed by atoms with van der Waals surface area (Å²) in [6.07, 6.45) is 0. The number of thioether (sulfide) groups is 1. The van der Waals surface area contributed by atoms with Crippen LogP contribution in [0.2, 0.25) is 0 Å². The number of amides is 1. The first-order chi connectivity index (χ1) is 14.3. The predicted molar refractivity (Wildman–Crippen MR) is 114 cm³/mol. The highest BCUT2D eigenvalue weighted by molar-refractivity contribution is 8.16. The number of nitrogens with zero attached hydrogens (tertiary/aromatic N) is 3. The Morgan fingerprint density at radius 3 is 2.73 bits per heavy atom. The summed E-state index contributed by atoms with van der Waals surface area (Å²) in [5.74, 6) is -0.0679. The molecule has 2 heterocycles. The van der Waals surface area contributed by atoms with E-state index in [0.717, 1.165) is 0 Å². The van der Waals surface area contributed by atoms with Gasteiger partial charge in [0.25, 0.3) is 11.6 Å². The highest BCUT2D eigenvalue weighted by Gasteiger charge is 2.49. The maximum Gasteiger partial charge on any atom is 0.279 e. The number of amidine groups is 1. The van der Waals surface area contributed by atoms with E-state index in [4.69, 9.17) is 4.74 Å². The van der Waals surface area contributed by atoms with Crippen LogP contribution in [0.4, 0.5) is 11.4 Å². The number of benzene rings is 2. The van der Waals surface area contributed by atoms with Crippen molar-refractivity contribution in [3.8, 4) is 5.75 Å². The molecule has 2 unspecified atom stereocenters. The third-order valence-electron chi connectivity index (χ3n) is 4.90. The van der Waals surface area contributed by atoms with E-state index >= 15 is 0 Å². The normalized spacial score (nSPS) is 23.4. The maximum atomic E-state index is 12.7. The minimum atomic E-state index is -3.19. The molecule has 2 aliphatic rings. The summed E-state index contributed by atoms with van der Waals surface area (Å²) >= 11 is 1.23. The molecule has 1 amide bonds. The molecule has 9 nitrogen and oxygen atoms in total. The van der Waals surface area contributed by atoms with Crippen molar-refractivity contribution in [2.45, 2.75) is 11.3 Å². The maximum absolute atomic E-state index is 12.7. The Balaban J connectivity index is 1.73. The SMILES string of the molecule is COc1cccc(N2C(=NC(=O)c3cccc([N+](=O)[O-])c3)SC3CS(=O)(=O)CC32)c1. The van der Waals surface area contributed by atoms with E-state index in [1.54, 1.807) is 29.2 Å². The second-order valence-electron chi connectivity index (χ2n) is 6.88. The first kappa shape index (κ1) is 20.4. The number of nitro benzene ring substituents is 1. The number of carbonyl (C=O) groups is 1. The molecule has 0 bridgehead atoms. The number of ether oxygens (including phenoxy) is 1. The standard InChI is InChI=1S/C19H17N3O6S2/c1-28-15-7-3-5-13(9-15)21-16-10-30(26,27)11-17(16)29-19(21)20-18(23)12-4-2-6-14(8-12)22(24)25/h2-9,16-17H,10-11H2,1H3. The van der Waals surface area contributed by atoms with Crippen LogP contribution in [-0.2, 0) is 9.84 Å². The second kappa shape index (κ2) is 7.73. The molecule has 30 heavy (non-hydrogen) atoms. The molecule has 2 fully saturated rings. The van der Waals surface area contributed by atoms with Gasteiger partial charge in [-0.15, -0.1) is 0 Å². The number of hydrogen-bond acceptors (Lipinski definition) is 7. The summed E-state index contributed by atoms with van der Waals surface area (Å²) in [5, 5.41) is 11.1. The Bertz CT molecular complexity index is 1160. The average molecular weight is 447 g/mol. The molecular formula is C19H17N3O6S2. The molecule has 156 valence electrons. The summed E-state index contributed by atoms with van der Waals surface area (Å²) in [7, 11) is -1.66. The van der Waals surface area contributed by atoms with Crippen LogP contribution in [-0.4, -0.2) is 54.3 Å². The molecule has 0 radical (unpaired) electrons. The number of hydrogen-bond donors (Lipinski definition) is 0. The number of carbonyl (C=O) groups excluding carboxylic acids is 1. The van der Waals surface area contributed by atoms with Crippen molar-refractivity contribution in [1.29, 1.82) is 0 Å². The first-order valence-electron chi connectivity index (χ1n) is 8.95.